The first-order valence-electron chi connectivity index (χ1n) is 8.05. The maximum absolute atomic E-state index is 10.5. The molecule has 0 aromatic heterocycles. The van der Waals surface area contributed by atoms with E-state index in [1.807, 2.05) is 48.5 Å². The molecule has 0 heterocycles. The van der Waals surface area contributed by atoms with Crippen molar-refractivity contribution >= 4 is 11.6 Å². The zero-order valence-electron chi connectivity index (χ0n) is 13.8. The second-order valence-electron chi connectivity index (χ2n) is 5.65. The summed E-state index contributed by atoms with van der Waals surface area (Å²) in [6.45, 7) is 0.702. The Balaban J connectivity index is 1.93. The van der Waals surface area contributed by atoms with Crippen LogP contribution in [-0.4, -0.2) is 36.5 Å². The van der Waals surface area contributed by atoms with E-state index in [1.165, 1.54) is 0 Å². The molecule has 0 amide bonds. The molecule has 0 unspecified atom stereocenters. The van der Waals surface area contributed by atoms with Gasteiger partial charge in [-0.05, 0) is 42.6 Å². The summed E-state index contributed by atoms with van der Waals surface area (Å²) < 4.78 is 5.15. The molecular formula is C19H24ClNO3. The first-order chi connectivity index (χ1) is 11.7. The second-order valence-corrected chi connectivity index (χ2v) is 6.05. The lowest BCUT2D eigenvalue weighted by Gasteiger charge is -2.24. The van der Waals surface area contributed by atoms with Crippen LogP contribution in [0, 0.1) is 0 Å². The van der Waals surface area contributed by atoms with Gasteiger partial charge in [0.15, 0.2) is 0 Å². The van der Waals surface area contributed by atoms with Gasteiger partial charge in [0.2, 0.25) is 0 Å². The van der Waals surface area contributed by atoms with Crippen molar-refractivity contribution in [1.29, 1.82) is 0 Å². The Kier molecular flexibility index (Phi) is 7.53. The number of aliphatic hydroxyl groups is 2. The van der Waals surface area contributed by atoms with E-state index in [9.17, 15) is 10.2 Å². The van der Waals surface area contributed by atoms with E-state index in [4.69, 9.17) is 16.3 Å². The lowest BCUT2D eigenvalue weighted by Crippen LogP contribution is -2.37. The Morgan fingerprint density at radius 2 is 1.92 bits per heavy atom. The number of ether oxygens (including phenoxy) is 1. The van der Waals surface area contributed by atoms with Crippen LogP contribution in [0.25, 0.3) is 0 Å². The molecule has 0 bridgehead atoms. The predicted molar refractivity (Wildman–Crippen MR) is 96.6 cm³/mol. The molecule has 0 saturated carbocycles. The van der Waals surface area contributed by atoms with E-state index >= 15 is 0 Å². The third kappa shape index (κ3) is 5.21. The minimum absolute atomic E-state index is 0.0237. The van der Waals surface area contributed by atoms with Crippen LogP contribution in [0.2, 0.25) is 5.02 Å². The van der Waals surface area contributed by atoms with Gasteiger partial charge in [-0.3, -0.25) is 0 Å². The van der Waals surface area contributed by atoms with Gasteiger partial charge in [0.05, 0.1) is 18.2 Å². The third-order valence-corrected chi connectivity index (χ3v) is 4.29. The van der Waals surface area contributed by atoms with Gasteiger partial charge in [-0.2, -0.15) is 0 Å². The van der Waals surface area contributed by atoms with Gasteiger partial charge in [-0.15, -0.1) is 0 Å². The van der Waals surface area contributed by atoms with Gasteiger partial charge in [-0.1, -0.05) is 48.0 Å². The molecule has 5 heteroatoms. The van der Waals surface area contributed by atoms with Gasteiger partial charge < -0.3 is 20.3 Å². The Hall–Kier alpha value is -1.59. The minimum atomic E-state index is -0.655. The van der Waals surface area contributed by atoms with Crippen molar-refractivity contribution in [2.75, 3.05) is 20.3 Å². The number of nitrogens with one attached hydrogen (secondary N) is 1. The number of rotatable bonds is 9. The molecule has 0 fully saturated rings. The quantitative estimate of drug-likeness (QED) is 0.651. The van der Waals surface area contributed by atoms with Crippen molar-refractivity contribution in [2.45, 2.75) is 25.0 Å². The number of aliphatic hydroxyl groups excluding tert-OH is 2. The molecule has 4 nitrogen and oxygen atoms in total. The summed E-state index contributed by atoms with van der Waals surface area (Å²) in [5.74, 6) is 0.658. The van der Waals surface area contributed by atoms with Crippen molar-refractivity contribution in [3.63, 3.8) is 0 Å². The highest BCUT2D eigenvalue weighted by atomic mass is 35.5. The molecule has 0 spiro atoms. The highest BCUT2D eigenvalue weighted by Gasteiger charge is 2.19. The fourth-order valence-electron chi connectivity index (χ4n) is 2.66. The van der Waals surface area contributed by atoms with E-state index in [1.54, 1.807) is 7.11 Å². The molecule has 24 heavy (non-hydrogen) atoms. The van der Waals surface area contributed by atoms with Crippen LogP contribution in [0.5, 0.6) is 5.75 Å². The summed E-state index contributed by atoms with van der Waals surface area (Å²) in [5, 5.41) is 23.7. The molecule has 2 aromatic rings. The normalized spacial score (nSPS) is 13.5. The standard InChI is InChI=1S/C19H24ClNO3/c1-24-18-8-7-14(13-16(18)20)9-11-21-17(10-12-22)19(23)15-5-3-2-4-6-15/h2-8,13,17,19,21-23H,9-12H2,1H3/t17-,19-/m0/s1. The van der Waals surface area contributed by atoms with Gasteiger partial charge in [0.25, 0.3) is 0 Å². The summed E-state index contributed by atoms with van der Waals surface area (Å²) >= 11 is 6.13. The molecule has 130 valence electrons. The maximum Gasteiger partial charge on any atom is 0.137 e. The van der Waals surface area contributed by atoms with Gasteiger partial charge in [-0.25, -0.2) is 0 Å². The maximum atomic E-state index is 10.5. The number of halogens is 1. The van der Waals surface area contributed by atoms with Crippen molar-refractivity contribution in [3.8, 4) is 5.75 Å². The third-order valence-electron chi connectivity index (χ3n) is 4.00. The minimum Gasteiger partial charge on any atom is -0.495 e. The van der Waals surface area contributed by atoms with Crippen molar-refractivity contribution in [3.05, 3.63) is 64.7 Å². The van der Waals surface area contributed by atoms with Crippen LogP contribution >= 0.6 is 11.6 Å². The highest BCUT2D eigenvalue weighted by molar-refractivity contribution is 6.32. The summed E-state index contributed by atoms with van der Waals surface area (Å²) in [5.41, 5.74) is 1.93. The molecule has 2 aromatic carbocycles. The monoisotopic (exact) mass is 349 g/mol. The Labute approximate surface area is 148 Å². The summed E-state index contributed by atoms with van der Waals surface area (Å²) in [4.78, 5) is 0. The lowest BCUT2D eigenvalue weighted by atomic mass is 9.99. The van der Waals surface area contributed by atoms with E-state index in [2.05, 4.69) is 5.32 Å². The number of hydrogen-bond acceptors (Lipinski definition) is 4. The Morgan fingerprint density at radius 3 is 2.54 bits per heavy atom. The van der Waals surface area contributed by atoms with Crippen molar-refractivity contribution in [2.24, 2.45) is 0 Å². The summed E-state index contributed by atoms with van der Waals surface area (Å²) in [6, 6.07) is 15.0. The van der Waals surface area contributed by atoms with Gasteiger partial charge in [0, 0.05) is 12.6 Å². The van der Waals surface area contributed by atoms with Crippen LogP contribution in [-0.2, 0) is 6.42 Å². The fraction of sp³-hybridized carbons (Fsp3) is 0.368. The Bertz CT molecular complexity index is 621. The van der Waals surface area contributed by atoms with Crippen molar-refractivity contribution < 1.29 is 14.9 Å². The topological polar surface area (TPSA) is 61.7 Å². The van der Waals surface area contributed by atoms with E-state index in [0.717, 1.165) is 17.5 Å². The molecule has 2 atom stereocenters. The first-order valence-corrected chi connectivity index (χ1v) is 8.43. The van der Waals surface area contributed by atoms with Gasteiger partial charge in [0.1, 0.15) is 5.75 Å². The average Bonchev–Trinajstić information content (AvgIpc) is 2.61. The first kappa shape index (κ1) is 18.7. The molecule has 0 radical (unpaired) electrons. The zero-order valence-corrected chi connectivity index (χ0v) is 14.5. The number of hydrogen-bond donors (Lipinski definition) is 3. The molecule has 2 rings (SSSR count). The molecular weight excluding hydrogens is 326 g/mol. The molecule has 3 N–H and O–H groups in total. The molecule has 0 aliphatic rings. The van der Waals surface area contributed by atoms with E-state index in [0.29, 0.717) is 23.7 Å². The van der Waals surface area contributed by atoms with Crippen molar-refractivity contribution in [1.82, 2.24) is 5.32 Å². The SMILES string of the molecule is COc1ccc(CCN[C@@H](CCO)[C@@H](O)c2ccccc2)cc1Cl. The second kappa shape index (κ2) is 9.64. The fourth-order valence-corrected chi connectivity index (χ4v) is 2.94. The summed E-state index contributed by atoms with van der Waals surface area (Å²) in [7, 11) is 1.59. The molecule has 0 aliphatic heterocycles. The van der Waals surface area contributed by atoms with Crippen LogP contribution in [0.15, 0.2) is 48.5 Å². The van der Waals surface area contributed by atoms with Crippen LogP contribution in [0.1, 0.15) is 23.7 Å². The number of methoxy groups -OCH3 is 1. The number of benzene rings is 2. The average molecular weight is 350 g/mol. The lowest BCUT2D eigenvalue weighted by molar-refractivity contribution is 0.111. The van der Waals surface area contributed by atoms with Gasteiger partial charge >= 0.3 is 0 Å². The molecule has 0 aliphatic carbocycles. The van der Waals surface area contributed by atoms with E-state index in [-0.39, 0.29) is 12.6 Å². The Morgan fingerprint density at radius 1 is 1.17 bits per heavy atom. The van der Waals surface area contributed by atoms with Crippen LogP contribution in [0.4, 0.5) is 0 Å². The van der Waals surface area contributed by atoms with Crippen LogP contribution in [0.3, 0.4) is 0 Å². The van der Waals surface area contributed by atoms with E-state index < -0.39 is 6.10 Å². The largest absolute Gasteiger partial charge is 0.495 e. The zero-order chi connectivity index (χ0) is 17.4. The predicted octanol–water partition coefficient (Wildman–Crippen LogP) is 2.97. The smallest absolute Gasteiger partial charge is 0.137 e. The molecule has 0 saturated heterocycles. The van der Waals surface area contributed by atoms with Crippen LogP contribution < -0.4 is 10.1 Å². The summed E-state index contributed by atoms with van der Waals surface area (Å²) in [6.07, 6.45) is 0.602. The highest BCUT2D eigenvalue weighted by Crippen LogP contribution is 2.25.